The van der Waals surface area contributed by atoms with Crippen LogP contribution >= 0.6 is 0 Å². The van der Waals surface area contributed by atoms with Gasteiger partial charge in [-0.1, -0.05) is 28.6 Å². The van der Waals surface area contributed by atoms with Crippen LogP contribution in [0.3, 0.4) is 0 Å². The number of hydrogen-bond acceptors (Lipinski definition) is 7. The number of aromatic nitrogens is 5. The SMILES string of the molecule is Cc1nc(CN2CCN(Cc3cn(-c4ccccc4)nn3)CC2)no1. The monoisotopic (exact) mass is 339 g/mol. The molecular weight excluding hydrogens is 318 g/mol. The summed E-state index contributed by atoms with van der Waals surface area (Å²) >= 11 is 0. The molecule has 0 spiro atoms. The Kier molecular flexibility index (Phi) is 4.53. The fraction of sp³-hybridized carbons (Fsp3) is 0.412. The Morgan fingerprint density at radius 3 is 2.40 bits per heavy atom. The largest absolute Gasteiger partial charge is 0.340 e. The molecule has 1 aromatic carbocycles. The van der Waals surface area contributed by atoms with Crippen LogP contribution in [0.25, 0.3) is 5.69 Å². The van der Waals surface area contributed by atoms with E-state index in [0.717, 1.165) is 56.5 Å². The van der Waals surface area contributed by atoms with E-state index in [0.29, 0.717) is 5.89 Å². The molecule has 3 heterocycles. The molecule has 0 aliphatic carbocycles. The zero-order valence-corrected chi connectivity index (χ0v) is 14.2. The second-order valence-electron chi connectivity index (χ2n) is 6.27. The van der Waals surface area contributed by atoms with Gasteiger partial charge >= 0.3 is 0 Å². The quantitative estimate of drug-likeness (QED) is 0.693. The van der Waals surface area contributed by atoms with Gasteiger partial charge in [0, 0.05) is 39.6 Å². The number of rotatable bonds is 5. The van der Waals surface area contributed by atoms with Gasteiger partial charge in [0.15, 0.2) is 5.82 Å². The van der Waals surface area contributed by atoms with E-state index in [1.54, 1.807) is 0 Å². The molecule has 2 aromatic heterocycles. The van der Waals surface area contributed by atoms with E-state index < -0.39 is 0 Å². The zero-order valence-electron chi connectivity index (χ0n) is 14.2. The standard InChI is InChI=1S/C17H21N7O/c1-14-18-17(20-25-14)13-23-9-7-22(8-10-23)11-15-12-24(21-19-15)16-5-3-2-4-6-16/h2-6,12H,7-11,13H2,1H3. The Bertz CT molecular complexity index is 805. The Balaban J connectivity index is 1.29. The third-order valence-corrected chi connectivity index (χ3v) is 4.35. The molecule has 4 rings (SSSR count). The average molecular weight is 339 g/mol. The van der Waals surface area contributed by atoms with Gasteiger partial charge in [0.2, 0.25) is 5.89 Å². The summed E-state index contributed by atoms with van der Waals surface area (Å²) in [6, 6.07) is 10.0. The maximum Gasteiger partial charge on any atom is 0.223 e. The molecule has 1 saturated heterocycles. The molecule has 0 unspecified atom stereocenters. The third-order valence-electron chi connectivity index (χ3n) is 4.35. The van der Waals surface area contributed by atoms with Gasteiger partial charge in [0.05, 0.1) is 24.1 Å². The Labute approximate surface area is 146 Å². The highest BCUT2D eigenvalue weighted by Crippen LogP contribution is 2.11. The lowest BCUT2D eigenvalue weighted by atomic mass is 10.3. The number of piperazine rings is 1. The van der Waals surface area contributed by atoms with Crippen LogP contribution in [0.1, 0.15) is 17.4 Å². The van der Waals surface area contributed by atoms with Crippen molar-refractivity contribution in [2.45, 2.75) is 20.0 Å². The molecule has 1 aliphatic heterocycles. The molecule has 1 fully saturated rings. The molecule has 8 nitrogen and oxygen atoms in total. The summed E-state index contributed by atoms with van der Waals surface area (Å²) in [5, 5.41) is 12.5. The fourth-order valence-electron chi connectivity index (χ4n) is 3.02. The average Bonchev–Trinajstić information content (AvgIpc) is 3.27. The number of benzene rings is 1. The van der Waals surface area contributed by atoms with Gasteiger partial charge in [0.25, 0.3) is 0 Å². The molecule has 0 saturated carbocycles. The van der Waals surface area contributed by atoms with Crippen LogP contribution in [0.5, 0.6) is 0 Å². The van der Waals surface area contributed by atoms with Crippen LogP contribution in [0.15, 0.2) is 41.1 Å². The summed E-state index contributed by atoms with van der Waals surface area (Å²) < 4.78 is 6.85. The van der Waals surface area contributed by atoms with Crippen LogP contribution in [0.4, 0.5) is 0 Å². The topological polar surface area (TPSA) is 76.1 Å². The number of aryl methyl sites for hydroxylation is 1. The van der Waals surface area contributed by atoms with Crippen molar-refractivity contribution < 1.29 is 4.52 Å². The molecule has 0 atom stereocenters. The molecule has 130 valence electrons. The van der Waals surface area contributed by atoms with Crippen molar-refractivity contribution in [2.24, 2.45) is 0 Å². The maximum atomic E-state index is 5.03. The fourth-order valence-corrected chi connectivity index (χ4v) is 3.02. The van der Waals surface area contributed by atoms with E-state index in [1.165, 1.54) is 0 Å². The first-order valence-electron chi connectivity index (χ1n) is 8.47. The van der Waals surface area contributed by atoms with E-state index in [1.807, 2.05) is 48.1 Å². The Morgan fingerprint density at radius 1 is 1.00 bits per heavy atom. The summed E-state index contributed by atoms with van der Waals surface area (Å²) in [6.07, 6.45) is 2.00. The molecule has 1 aliphatic rings. The van der Waals surface area contributed by atoms with Gasteiger partial charge in [0.1, 0.15) is 0 Å². The summed E-state index contributed by atoms with van der Waals surface area (Å²) in [4.78, 5) is 9.02. The lowest BCUT2D eigenvalue weighted by molar-refractivity contribution is 0.118. The number of hydrogen-bond donors (Lipinski definition) is 0. The Morgan fingerprint density at radius 2 is 1.72 bits per heavy atom. The van der Waals surface area contributed by atoms with E-state index in [4.69, 9.17) is 4.52 Å². The van der Waals surface area contributed by atoms with Crippen molar-refractivity contribution in [1.82, 2.24) is 34.9 Å². The van der Waals surface area contributed by atoms with Crippen LogP contribution in [0, 0.1) is 6.92 Å². The third kappa shape index (κ3) is 3.92. The maximum absolute atomic E-state index is 5.03. The minimum absolute atomic E-state index is 0.620. The predicted molar refractivity (Wildman–Crippen MR) is 90.9 cm³/mol. The highest BCUT2D eigenvalue weighted by molar-refractivity contribution is 5.29. The van der Waals surface area contributed by atoms with Crippen molar-refractivity contribution in [1.29, 1.82) is 0 Å². The second kappa shape index (κ2) is 7.12. The van der Waals surface area contributed by atoms with Crippen molar-refractivity contribution in [3.63, 3.8) is 0 Å². The van der Waals surface area contributed by atoms with Crippen LogP contribution in [-0.2, 0) is 13.1 Å². The molecule has 0 bridgehead atoms. The van der Waals surface area contributed by atoms with Crippen molar-refractivity contribution >= 4 is 0 Å². The van der Waals surface area contributed by atoms with Crippen molar-refractivity contribution in [2.75, 3.05) is 26.2 Å². The predicted octanol–water partition coefficient (Wildman–Crippen LogP) is 1.28. The van der Waals surface area contributed by atoms with Gasteiger partial charge in [-0.2, -0.15) is 4.98 Å². The number of para-hydroxylation sites is 1. The lowest BCUT2D eigenvalue weighted by Crippen LogP contribution is -2.45. The second-order valence-corrected chi connectivity index (χ2v) is 6.27. The molecule has 0 N–H and O–H groups in total. The van der Waals surface area contributed by atoms with E-state index in [9.17, 15) is 0 Å². The first kappa shape index (κ1) is 15.9. The highest BCUT2D eigenvalue weighted by Gasteiger charge is 2.19. The van der Waals surface area contributed by atoms with E-state index >= 15 is 0 Å². The molecule has 3 aromatic rings. The highest BCUT2D eigenvalue weighted by atomic mass is 16.5. The molecule has 0 radical (unpaired) electrons. The first-order valence-corrected chi connectivity index (χ1v) is 8.47. The van der Waals surface area contributed by atoms with Crippen molar-refractivity contribution in [3.05, 3.63) is 53.9 Å². The Hall–Kier alpha value is -2.58. The normalized spacial score (nSPS) is 16.4. The molecule has 8 heteroatoms. The summed E-state index contributed by atoms with van der Waals surface area (Å²) in [5.74, 6) is 1.38. The van der Waals surface area contributed by atoms with Gasteiger partial charge in [-0.3, -0.25) is 9.80 Å². The minimum Gasteiger partial charge on any atom is -0.340 e. The minimum atomic E-state index is 0.620. The summed E-state index contributed by atoms with van der Waals surface area (Å²) in [5.41, 5.74) is 2.02. The summed E-state index contributed by atoms with van der Waals surface area (Å²) in [6.45, 7) is 7.35. The van der Waals surface area contributed by atoms with Gasteiger partial charge in [-0.15, -0.1) is 5.10 Å². The lowest BCUT2D eigenvalue weighted by Gasteiger charge is -2.33. The number of nitrogens with zero attached hydrogens (tertiary/aromatic N) is 7. The molecule has 0 amide bonds. The summed E-state index contributed by atoms with van der Waals surface area (Å²) in [7, 11) is 0. The van der Waals surface area contributed by atoms with Crippen LogP contribution < -0.4 is 0 Å². The van der Waals surface area contributed by atoms with E-state index in [2.05, 4.69) is 30.3 Å². The molecule has 25 heavy (non-hydrogen) atoms. The van der Waals surface area contributed by atoms with Crippen molar-refractivity contribution in [3.8, 4) is 5.69 Å². The van der Waals surface area contributed by atoms with E-state index in [-0.39, 0.29) is 0 Å². The van der Waals surface area contributed by atoms with Crippen LogP contribution in [0.2, 0.25) is 0 Å². The van der Waals surface area contributed by atoms with Gasteiger partial charge in [-0.25, -0.2) is 4.68 Å². The van der Waals surface area contributed by atoms with Gasteiger partial charge < -0.3 is 4.52 Å². The smallest absolute Gasteiger partial charge is 0.223 e. The zero-order chi connectivity index (χ0) is 17.1. The first-order chi connectivity index (χ1) is 12.3. The van der Waals surface area contributed by atoms with Crippen LogP contribution in [-0.4, -0.2) is 61.1 Å². The molecular formula is C17H21N7O. The van der Waals surface area contributed by atoms with Gasteiger partial charge in [-0.05, 0) is 12.1 Å².